The molecule has 16 heteroatoms. The van der Waals surface area contributed by atoms with Gasteiger partial charge in [0.05, 0.1) is 23.6 Å². The van der Waals surface area contributed by atoms with E-state index < -0.39 is 69.0 Å². The Balaban J connectivity index is 1.50. The molecule has 2 amide bonds. The molecule has 1 aliphatic heterocycles. The van der Waals surface area contributed by atoms with E-state index in [0.717, 1.165) is 43.5 Å². The minimum Gasteiger partial charge on any atom is -0.494 e. The van der Waals surface area contributed by atoms with Gasteiger partial charge in [-0.1, -0.05) is 12.1 Å². The molecule has 3 aliphatic rings. The molecule has 2 aliphatic carbocycles. The highest BCUT2D eigenvalue weighted by atomic mass is 32.2. The van der Waals surface area contributed by atoms with Crippen molar-refractivity contribution >= 4 is 27.4 Å². The van der Waals surface area contributed by atoms with Crippen molar-refractivity contribution in [3.05, 3.63) is 53.4 Å². The maximum Gasteiger partial charge on any atom is 0.416 e. The van der Waals surface area contributed by atoms with Crippen LogP contribution in [0.2, 0.25) is 0 Å². The standard InChI is InChI=1S/C27H28F6N4O5S/c28-26(29,30)12-2-14-42-18-7-5-16(6-8-18)25(27(31,32)33)15-20(21-11-13-37(35-21)17-3-1-4-17)22(23(38)34-25)24(39)36-43(40,41)19-9-10-19/h5-8,11,13,17,19H,1-4,9-10,12,14-15H2,(H,34,38)(H,36,39)/t25-/m0/s1. The molecule has 1 aromatic carbocycles. The fourth-order valence-corrected chi connectivity index (χ4v) is 6.34. The number of nitrogens with one attached hydrogen (secondary N) is 2. The van der Waals surface area contributed by atoms with Gasteiger partial charge in [-0.2, -0.15) is 31.4 Å². The third-order valence-corrected chi connectivity index (χ3v) is 9.61. The van der Waals surface area contributed by atoms with Crippen molar-refractivity contribution < 1.29 is 49.1 Å². The highest BCUT2D eigenvalue weighted by Crippen LogP contribution is 2.48. The molecular weight excluding hydrogens is 606 g/mol. The van der Waals surface area contributed by atoms with Gasteiger partial charge in [-0.15, -0.1) is 0 Å². The van der Waals surface area contributed by atoms with Crippen LogP contribution in [-0.4, -0.2) is 54.2 Å². The zero-order valence-corrected chi connectivity index (χ0v) is 23.4. The Labute approximate surface area is 242 Å². The van der Waals surface area contributed by atoms with E-state index in [2.05, 4.69) is 5.10 Å². The summed E-state index contributed by atoms with van der Waals surface area (Å²) in [6, 6.07) is 5.73. The molecule has 2 aromatic rings. The Morgan fingerprint density at radius 3 is 2.30 bits per heavy atom. The smallest absolute Gasteiger partial charge is 0.416 e. The van der Waals surface area contributed by atoms with Crippen LogP contribution in [0.15, 0.2) is 42.1 Å². The van der Waals surface area contributed by atoms with Crippen LogP contribution in [0.1, 0.15) is 68.7 Å². The van der Waals surface area contributed by atoms with E-state index in [0.29, 0.717) is 12.8 Å². The van der Waals surface area contributed by atoms with Crippen LogP contribution in [0.4, 0.5) is 26.3 Å². The maximum absolute atomic E-state index is 14.9. The number of rotatable bonds is 10. The Morgan fingerprint density at radius 1 is 1.07 bits per heavy atom. The summed E-state index contributed by atoms with van der Waals surface area (Å²) in [5.74, 6) is -2.77. The number of ether oxygens (including phenoxy) is 1. The summed E-state index contributed by atoms with van der Waals surface area (Å²) in [7, 11) is -4.14. The predicted octanol–water partition coefficient (Wildman–Crippen LogP) is 4.67. The minimum absolute atomic E-state index is 0.00957. The van der Waals surface area contributed by atoms with Gasteiger partial charge in [-0.05, 0) is 62.3 Å². The second-order valence-corrected chi connectivity index (χ2v) is 12.9. The molecule has 2 saturated carbocycles. The first kappa shape index (κ1) is 30.9. The number of aromatic nitrogens is 2. The van der Waals surface area contributed by atoms with Gasteiger partial charge in [0.15, 0.2) is 5.54 Å². The number of alkyl halides is 6. The van der Waals surface area contributed by atoms with Gasteiger partial charge in [-0.3, -0.25) is 14.3 Å². The summed E-state index contributed by atoms with van der Waals surface area (Å²) in [6.45, 7) is -0.321. The largest absolute Gasteiger partial charge is 0.494 e. The van der Waals surface area contributed by atoms with Gasteiger partial charge in [0.25, 0.3) is 11.8 Å². The number of carbonyl (C=O) groups is 2. The number of carbonyl (C=O) groups excluding carboxylic acids is 2. The molecule has 1 atom stereocenters. The normalized spacial score (nSPS) is 21.8. The lowest BCUT2D eigenvalue weighted by Crippen LogP contribution is -2.60. The van der Waals surface area contributed by atoms with Crippen LogP contribution in [0.3, 0.4) is 0 Å². The quantitative estimate of drug-likeness (QED) is 0.223. The van der Waals surface area contributed by atoms with Crippen molar-refractivity contribution in [2.75, 3.05) is 6.61 Å². The second kappa shape index (κ2) is 11.2. The molecule has 43 heavy (non-hydrogen) atoms. The van der Waals surface area contributed by atoms with Crippen LogP contribution in [0, 0.1) is 0 Å². The topological polar surface area (TPSA) is 119 Å². The molecule has 0 unspecified atom stereocenters. The molecule has 2 fully saturated rings. The van der Waals surface area contributed by atoms with Gasteiger partial charge in [0.1, 0.15) is 11.3 Å². The average Bonchev–Trinajstić information content (AvgIpc) is 3.64. The number of hydrogen-bond donors (Lipinski definition) is 2. The minimum atomic E-state index is -5.11. The number of amides is 2. The van der Waals surface area contributed by atoms with E-state index in [1.807, 2.05) is 10.0 Å². The molecule has 0 saturated heterocycles. The van der Waals surface area contributed by atoms with Crippen LogP contribution in [-0.2, 0) is 25.2 Å². The van der Waals surface area contributed by atoms with E-state index in [1.54, 1.807) is 4.68 Å². The Kier molecular flexibility index (Phi) is 8.03. The lowest BCUT2D eigenvalue weighted by Gasteiger charge is -2.41. The molecule has 0 radical (unpaired) electrons. The van der Waals surface area contributed by atoms with Gasteiger partial charge >= 0.3 is 12.4 Å². The predicted molar refractivity (Wildman–Crippen MR) is 140 cm³/mol. The van der Waals surface area contributed by atoms with E-state index in [4.69, 9.17) is 4.74 Å². The third kappa shape index (κ3) is 6.53. The first-order valence-corrected chi connectivity index (χ1v) is 15.2. The average molecular weight is 635 g/mol. The highest BCUT2D eigenvalue weighted by Gasteiger charge is 2.60. The molecule has 2 N–H and O–H groups in total. The molecular formula is C27H28F6N4O5S. The fraction of sp³-hybridized carbons (Fsp3) is 0.519. The lowest BCUT2D eigenvalue weighted by atomic mass is 9.77. The molecule has 234 valence electrons. The Morgan fingerprint density at radius 2 is 1.74 bits per heavy atom. The van der Waals surface area contributed by atoms with Crippen molar-refractivity contribution in [1.82, 2.24) is 19.8 Å². The Hall–Kier alpha value is -3.56. The number of benzene rings is 1. The molecule has 5 rings (SSSR count). The first-order chi connectivity index (χ1) is 20.1. The SMILES string of the molecule is O=C1N[C@@](c2ccc(OCCCC(F)(F)F)cc2)(C(F)(F)F)CC(c2ccn(C3CCC3)n2)=C1C(=O)NS(=O)(=O)C1CC1. The van der Waals surface area contributed by atoms with Crippen molar-refractivity contribution in [1.29, 1.82) is 0 Å². The summed E-state index contributed by atoms with van der Waals surface area (Å²) < 4.78 is 115. The molecule has 9 nitrogen and oxygen atoms in total. The lowest BCUT2D eigenvalue weighted by molar-refractivity contribution is -0.202. The summed E-state index contributed by atoms with van der Waals surface area (Å²) in [5, 5.41) is 5.45. The zero-order valence-electron chi connectivity index (χ0n) is 22.6. The van der Waals surface area contributed by atoms with Gasteiger partial charge < -0.3 is 10.1 Å². The zero-order chi connectivity index (χ0) is 31.2. The summed E-state index contributed by atoms with van der Waals surface area (Å²) in [6.07, 6.45) is -7.21. The van der Waals surface area contributed by atoms with Crippen molar-refractivity contribution in [2.24, 2.45) is 0 Å². The van der Waals surface area contributed by atoms with Crippen molar-refractivity contribution in [3.8, 4) is 5.75 Å². The highest BCUT2D eigenvalue weighted by molar-refractivity contribution is 7.91. The fourth-order valence-electron chi connectivity index (χ4n) is 5.05. The van der Waals surface area contributed by atoms with E-state index in [9.17, 15) is 44.3 Å². The molecule has 1 aromatic heterocycles. The summed E-state index contributed by atoms with van der Waals surface area (Å²) in [4.78, 5) is 26.5. The molecule has 0 bridgehead atoms. The molecule has 0 spiro atoms. The number of halogens is 6. The third-order valence-electron chi connectivity index (χ3n) is 7.79. The van der Waals surface area contributed by atoms with Crippen molar-refractivity contribution in [2.45, 2.75) is 80.5 Å². The van der Waals surface area contributed by atoms with Crippen molar-refractivity contribution in [3.63, 3.8) is 0 Å². The second-order valence-electron chi connectivity index (χ2n) is 10.9. The van der Waals surface area contributed by atoms with Crippen LogP contribution in [0.5, 0.6) is 5.75 Å². The summed E-state index contributed by atoms with van der Waals surface area (Å²) >= 11 is 0. The Bertz CT molecular complexity index is 1530. The molecule has 2 heterocycles. The van der Waals surface area contributed by atoms with E-state index >= 15 is 0 Å². The van der Waals surface area contributed by atoms with Crippen LogP contribution >= 0.6 is 0 Å². The monoisotopic (exact) mass is 634 g/mol. The van der Waals surface area contributed by atoms with Gasteiger partial charge in [-0.25, -0.2) is 13.1 Å². The van der Waals surface area contributed by atoms with Gasteiger partial charge in [0, 0.05) is 24.6 Å². The summed E-state index contributed by atoms with van der Waals surface area (Å²) in [5.41, 5.74) is -4.72. The first-order valence-electron chi connectivity index (χ1n) is 13.6. The van der Waals surface area contributed by atoms with E-state index in [-0.39, 0.29) is 36.1 Å². The number of sulfonamides is 1. The van der Waals surface area contributed by atoms with Crippen LogP contribution in [0.25, 0.3) is 5.57 Å². The number of nitrogens with zero attached hydrogens (tertiary/aromatic N) is 2. The van der Waals surface area contributed by atoms with Gasteiger partial charge in [0.2, 0.25) is 10.0 Å². The number of hydrogen-bond acceptors (Lipinski definition) is 6. The van der Waals surface area contributed by atoms with Crippen LogP contribution < -0.4 is 14.8 Å². The maximum atomic E-state index is 14.9. The van der Waals surface area contributed by atoms with E-state index in [1.165, 1.54) is 12.3 Å².